The van der Waals surface area contributed by atoms with E-state index in [9.17, 15) is 9.18 Å². The first-order valence-electron chi connectivity index (χ1n) is 10.2. The number of halogens is 1. The van der Waals surface area contributed by atoms with Crippen molar-refractivity contribution in [3.05, 3.63) is 58.9 Å². The van der Waals surface area contributed by atoms with E-state index in [4.69, 9.17) is 9.72 Å². The zero-order chi connectivity index (χ0) is 21.1. The molecular formula is C23H26FN3O2S. The van der Waals surface area contributed by atoms with Crippen molar-refractivity contribution in [2.75, 3.05) is 44.3 Å². The SMILES string of the molecule is Cc1ccc(C)c2sc(N(CCN3CCOCC3)C(=O)Cc3ccc(F)cc3)nc12. The average molecular weight is 428 g/mol. The van der Waals surface area contributed by atoms with E-state index in [0.29, 0.717) is 6.54 Å². The molecule has 4 rings (SSSR count). The van der Waals surface area contributed by atoms with E-state index in [1.807, 2.05) is 6.92 Å². The molecule has 3 aromatic rings. The van der Waals surface area contributed by atoms with E-state index in [-0.39, 0.29) is 18.1 Å². The van der Waals surface area contributed by atoms with Crippen molar-refractivity contribution in [3.63, 3.8) is 0 Å². The van der Waals surface area contributed by atoms with Gasteiger partial charge in [-0.2, -0.15) is 0 Å². The van der Waals surface area contributed by atoms with Crippen molar-refractivity contribution in [2.45, 2.75) is 20.3 Å². The van der Waals surface area contributed by atoms with Crippen LogP contribution >= 0.6 is 11.3 Å². The van der Waals surface area contributed by atoms with Gasteiger partial charge in [0.1, 0.15) is 5.82 Å². The van der Waals surface area contributed by atoms with Crippen molar-refractivity contribution in [3.8, 4) is 0 Å². The fourth-order valence-electron chi connectivity index (χ4n) is 3.63. The summed E-state index contributed by atoms with van der Waals surface area (Å²) in [5.74, 6) is -0.322. The molecule has 0 unspecified atom stereocenters. The Labute approximate surface area is 180 Å². The molecule has 0 N–H and O–H groups in total. The number of hydrogen-bond acceptors (Lipinski definition) is 5. The minimum Gasteiger partial charge on any atom is -0.379 e. The summed E-state index contributed by atoms with van der Waals surface area (Å²) in [6.07, 6.45) is 0.220. The maximum absolute atomic E-state index is 13.3. The minimum atomic E-state index is -0.299. The highest BCUT2D eigenvalue weighted by atomic mass is 32.1. The molecule has 5 nitrogen and oxygen atoms in total. The van der Waals surface area contributed by atoms with Crippen LogP contribution in [0.1, 0.15) is 16.7 Å². The molecule has 1 aliphatic rings. The summed E-state index contributed by atoms with van der Waals surface area (Å²) in [5, 5.41) is 0.725. The number of aromatic nitrogens is 1. The summed E-state index contributed by atoms with van der Waals surface area (Å²) in [6.45, 7) is 8.65. The lowest BCUT2D eigenvalue weighted by molar-refractivity contribution is -0.118. The molecule has 0 radical (unpaired) electrons. The van der Waals surface area contributed by atoms with Gasteiger partial charge in [0.25, 0.3) is 0 Å². The van der Waals surface area contributed by atoms with Crippen LogP contribution in [0.4, 0.5) is 9.52 Å². The second-order valence-corrected chi connectivity index (χ2v) is 8.65. The third-order valence-corrected chi connectivity index (χ3v) is 6.69. The lowest BCUT2D eigenvalue weighted by Crippen LogP contribution is -2.43. The molecule has 0 bridgehead atoms. The van der Waals surface area contributed by atoms with Gasteiger partial charge < -0.3 is 4.74 Å². The average Bonchev–Trinajstić information content (AvgIpc) is 3.20. The Balaban J connectivity index is 1.60. The number of hydrogen-bond donors (Lipinski definition) is 0. The van der Waals surface area contributed by atoms with Gasteiger partial charge in [-0.05, 0) is 42.7 Å². The maximum Gasteiger partial charge on any atom is 0.233 e. The van der Waals surface area contributed by atoms with Crippen LogP contribution < -0.4 is 4.90 Å². The van der Waals surface area contributed by atoms with Crippen LogP contribution in [-0.4, -0.2) is 55.2 Å². The zero-order valence-electron chi connectivity index (χ0n) is 17.4. The molecule has 158 valence electrons. The fraction of sp³-hybridized carbons (Fsp3) is 0.391. The first-order valence-corrected chi connectivity index (χ1v) is 11.0. The number of anilines is 1. The Bertz CT molecular complexity index is 990. The molecule has 1 fully saturated rings. The lowest BCUT2D eigenvalue weighted by Gasteiger charge is -2.29. The number of rotatable bonds is 6. The second-order valence-electron chi connectivity index (χ2n) is 7.68. The largest absolute Gasteiger partial charge is 0.379 e. The zero-order valence-corrected chi connectivity index (χ0v) is 18.2. The van der Waals surface area contributed by atoms with E-state index in [1.165, 1.54) is 17.7 Å². The smallest absolute Gasteiger partial charge is 0.233 e. The summed E-state index contributed by atoms with van der Waals surface area (Å²) in [7, 11) is 0. The van der Waals surface area contributed by atoms with Crippen LogP contribution in [-0.2, 0) is 16.0 Å². The molecule has 0 saturated carbocycles. The van der Waals surface area contributed by atoms with Crippen LogP contribution in [0.25, 0.3) is 10.2 Å². The summed E-state index contributed by atoms with van der Waals surface area (Å²) in [5.41, 5.74) is 4.03. The van der Waals surface area contributed by atoms with Gasteiger partial charge in [-0.15, -0.1) is 0 Å². The van der Waals surface area contributed by atoms with Crippen molar-refractivity contribution < 1.29 is 13.9 Å². The number of ether oxygens (including phenoxy) is 1. The molecule has 1 aliphatic heterocycles. The van der Waals surface area contributed by atoms with E-state index in [0.717, 1.165) is 59.3 Å². The lowest BCUT2D eigenvalue weighted by atomic mass is 10.1. The first-order chi connectivity index (χ1) is 14.5. The van der Waals surface area contributed by atoms with Crippen molar-refractivity contribution in [1.29, 1.82) is 0 Å². The number of benzene rings is 2. The highest BCUT2D eigenvalue weighted by Gasteiger charge is 2.22. The molecule has 0 atom stereocenters. The van der Waals surface area contributed by atoms with Gasteiger partial charge in [0.2, 0.25) is 5.91 Å². The van der Waals surface area contributed by atoms with E-state index >= 15 is 0 Å². The quantitative estimate of drug-likeness (QED) is 0.597. The van der Waals surface area contributed by atoms with Crippen molar-refractivity contribution >= 4 is 32.6 Å². The van der Waals surface area contributed by atoms with Gasteiger partial charge in [-0.1, -0.05) is 35.6 Å². The van der Waals surface area contributed by atoms with Crippen LogP contribution in [0.5, 0.6) is 0 Å². The molecule has 1 amide bonds. The maximum atomic E-state index is 13.3. The number of nitrogens with zero attached hydrogens (tertiary/aromatic N) is 3. The monoisotopic (exact) mass is 427 g/mol. The van der Waals surface area contributed by atoms with Gasteiger partial charge >= 0.3 is 0 Å². The summed E-state index contributed by atoms with van der Waals surface area (Å²) in [4.78, 5) is 22.2. The minimum absolute atomic E-state index is 0.0239. The Morgan fingerprint density at radius 3 is 2.53 bits per heavy atom. The molecule has 1 aromatic heterocycles. The van der Waals surface area contributed by atoms with Gasteiger partial charge in [-0.25, -0.2) is 9.37 Å². The van der Waals surface area contributed by atoms with Crippen molar-refractivity contribution in [2.24, 2.45) is 0 Å². The second kappa shape index (κ2) is 9.20. The van der Waals surface area contributed by atoms with Gasteiger partial charge in [-0.3, -0.25) is 14.6 Å². The predicted octanol–water partition coefficient (Wildman–Crippen LogP) is 3.96. The number of thiazole rings is 1. The van der Waals surface area contributed by atoms with Crippen LogP contribution in [0.3, 0.4) is 0 Å². The number of aryl methyl sites for hydroxylation is 2. The molecular weight excluding hydrogens is 401 g/mol. The number of fused-ring (bicyclic) bond motifs is 1. The summed E-state index contributed by atoms with van der Waals surface area (Å²) in [6, 6.07) is 10.3. The van der Waals surface area contributed by atoms with Crippen LogP contribution in [0.2, 0.25) is 0 Å². The number of amides is 1. The highest BCUT2D eigenvalue weighted by Crippen LogP contribution is 2.33. The molecule has 0 spiro atoms. The van der Waals surface area contributed by atoms with Gasteiger partial charge in [0.15, 0.2) is 5.13 Å². The van der Waals surface area contributed by atoms with Crippen LogP contribution in [0, 0.1) is 19.7 Å². The molecule has 7 heteroatoms. The Hall–Kier alpha value is -2.35. The fourth-order valence-corrected chi connectivity index (χ4v) is 4.78. The molecule has 1 saturated heterocycles. The molecule has 30 heavy (non-hydrogen) atoms. The third-order valence-electron chi connectivity index (χ3n) is 5.47. The predicted molar refractivity (Wildman–Crippen MR) is 119 cm³/mol. The Kier molecular flexibility index (Phi) is 6.41. The number of morpholine rings is 1. The molecule has 0 aliphatic carbocycles. The summed E-state index contributed by atoms with van der Waals surface area (Å²) >= 11 is 1.56. The number of carbonyl (C=O) groups is 1. The summed E-state index contributed by atoms with van der Waals surface area (Å²) < 4.78 is 19.8. The first kappa shape index (κ1) is 20.9. The topological polar surface area (TPSA) is 45.7 Å². The number of carbonyl (C=O) groups excluding carboxylic acids is 1. The Morgan fingerprint density at radius 1 is 1.13 bits per heavy atom. The standard InChI is InChI=1S/C23H26FN3O2S/c1-16-3-4-17(2)22-21(16)25-23(30-22)27(10-9-26-11-13-29-14-12-26)20(28)15-18-5-7-19(24)8-6-18/h3-8H,9-15H2,1-2H3. The van der Waals surface area contributed by atoms with E-state index < -0.39 is 0 Å². The normalized spacial score (nSPS) is 14.9. The Morgan fingerprint density at radius 2 is 1.83 bits per heavy atom. The molecule has 2 aromatic carbocycles. The van der Waals surface area contributed by atoms with Gasteiger partial charge in [0.05, 0.1) is 29.9 Å². The van der Waals surface area contributed by atoms with Crippen LogP contribution in [0.15, 0.2) is 36.4 Å². The van der Waals surface area contributed by atoms with E-state index in [1.54, 1.807) is 28.4 Å². The van der Waals surface area contributed by atoms with Gasteiger partial charge in [0, 0.05) is 26.2 Å². The van der Waals surface area contributed by atoms with E-state index in [2.05, 4.69) is 24.0 Å². The highest BCUT2D eigenvalue weighted by molar-refractivity contribution is 7.22. The molecule has 2 heterocycles. The third kappa shape index (κ3) is 4.69. The van der Waals surface area contributed by atoms with Crippen molar-refractivity contribution in [1.82, 2.24) is 9.88 Å².